The van der Waals surface area contributed by atoms with Crippen LogP contribution >= 0.6 is 11.8 Å². The number of carbonyl (C=O) groups excluding carboxylic acids is 1. The molecule has 0 aliphatic carbocycles. The van der Waals surface area contributed by atoms with E-state index < -0.39 is 10.2 Å². The number of nitrogens with one attached hydrogen (secondary N) is 1. The Morgan fingerprint density at radius 1 is 1.18 bits per heavy atom. The number of nitro groups is 1. The monoisotopic (exact) mass is 484 g/mol. The molecule has 9 nitrogen and oxygen atoms in total. The molecule has 3 aromatic rings. The molecule has 1 atom stereocenters. The molecule has 34 heavy (non-hydrogen) atoms. The molecule has 1 saturated heterocycles. The highest BCUT2D eigenvalue weighted by Gasteiger charge is 2.23. The molecule has 178 valence electrons. The zero-order chi connectivity index (χ0) is 24.1. The summed E-state index contributed by atoms with van der Waals surface area (Å²) in [6.07, 6.45) is 3.50. The van der Waals surface area contributed by atoms with Crippen molar-refractivity contribution in [3.8, 4) is 5.69 Å². The highest BCUT2D eigenvalue weighted by Crippen LogP contribution is 2.28. The number of carbonyl (C=O) groups is 1. The van der Waals surface area contributed by atoms with Gasteiger partial charge in [0.1, 0.15) is 5.82 Å². The number of likely N-dealkylation sites (tertiary alicyclic amines) is 1. The molecular weight excluding hydrogens is 459 g/mol. The molecule has 1 aliphatic heterocycles. The minimum absolute atomic E-state index is 0.100. The van der Waals surface area contributed by atoms with Crippen molar-refractivity contribution in [1.82, 2.24) is 19.7 Å². The maximum absolute atomic E-state index is 13.6. The standard InChI is InChI=1S/C23H25FN6O3S/c1-16(22(31)25-18-6-5-7-20(14-18)30(32)33)34-23-27-26-21(15-28-12-3-2-4-13-28)29(23)19-10-8-17(24)9-11-19/h5-11,14,16H,2-4,12-13,15H2,1H3,(H,25,31). The van der Waals surface area contributed by atoms with Gasteiger partial charge in [0, 0.05) is 23.5 Å². The van der Waals surface area contributed by atoms with Crippen LogP contribution in [0.2, 0.25) is 0 Å². The third kappa shape index (κ3) is 5.78. The van der Waals surface area contributed by atoms with E-state index in [1.165, 1.54) is 48.5 Å². The second kappa shape index (κ2) is 10.7. The molecule has 4 rings (SSSR count). The topological polar surface area (TPSA) is 106 Å². The quantitative estimate of drug-likeness (QED) is 0.287. The Labute approximate surface area is 200 Å². The number of aromatic nitrogens is 3. The smallest absolute Gasteiger partial charge is 0.271 e. The second-order valence-corrected chi connectivity index (χ2v) is 9.41. The predicted molar refractivity (Wildman–Crippen MR) is 127 cm³/mol. The third-order valence-electron chi connectivity index (χ3n) is 5.57. The van der Waals surface area contributed by atoms with Gasteiger partial charge in [-0.25, -0.2) is 4.39 Å². The van der Waals surface area contributed by atoms with Crippen molar-refractivity contribution in [3.05, 3.63) is 70.3 Å². The van der Waals surface area contributed by atoms with Gasteiger partial charge in [0.2, 0.25) is 5.91 Å². The molecule has 1 aromatic heterocycles. The SMILES string of the molecule is CC(Sc1nnc(CN2CCCCC2)n1-c1ccc(F)cc1)C(=O)Nc1cccc([N+](=O)[O-])c1. The van der Waals surface area contributed by atoms with Crippen molar-refractivity contribution in [2.45, 2.75) is 43.1 Å². The number of amides is 1. The number of thioether (sulfide) groups is 1. The number of hydrogen-bond acceptors (Lipinski definition) is 7. The highest BCUT2D eigenvalue weighted by molar-refractivity contribution is 8.00. The molecule has 2 aromatic carbocycles. The van der Waals surface area contributed by atoms with Crippen molar-refractivity contribution >= 4 is 29.0 Å². The summed E-state index contributed by atoms with van der Waals surface area (Å²) in [4.78, 5) is 25.6. The predicted octanol–water partition coefficient (Wildman–Crippen LogP) is 4.42. The van der Waals surface area contributed by atoms with E-state index in [0.717, 1.165) is 31.8 Å². The van der Waals surface area contributed by atoms with Gasteiger partial charge in [-0.15, -0.1) is 10.2 Å². The lowest BCUT2D eigenvalue weighted by atomic mass is 10.1. The summed E-state index contributed by atoms with van der Waals surface area (Å²) in [5.41, 5.74) is 0.959. The molecule has 0 bridgehead atoms. The van der Waals surface area contributed by atoms with Gasteiger partial charge in [0.15, 0.2) is 11.0 Å². The van der Waals surface area contributed by atoms with Gasteiger partial charge >= 0.3 is 0 Å². The molecule has 2 heterocycles. The number of hydrogen-bond donors (Lipinski definition) is 1. The van der Waals surface area contributed by atoms with Gasteiger partial charge < -0.3 is 5.32 Å². The molecule has 1 amide bonds. The van der Waals surface area contributed by atoms with Crippen LogP contribution in [0.25, 0.3) is 5.69 Å². The number of benzene rings is 2. The van der Waals surface area contributed by atoms with Crippen LogP contribution in [-0.2, 0) is 11.3 Å². The van der Waals surface area contributed by atoms with Gasteiger partial charge in [-0.05, 0) is 63.2 Å². The van der Waals surface area contributed by atoms with Crippen LogP contribution < -0.4 is 5.32 Å². The van der Waals surface area contributed by atoms with Crippen molar-refractivity contribution in [1.29, 1.82) is 0 Å². The lowest BCUT2D eigenvalue weighted by Crippen LogP contribution is -2.30. The van der Waals surface area contributed by atoms with Crippen LogP contribution in [-0.4, -0.2) is 48.8 Å². The largest absolute Gasteiger partial charge is 0.325 e. The molecule has 1 unspecified atom stereocenters. The van der Waals surface area contributed by atoms with Gasteiger partial charge in [-0.1, -0.05) is 24.2 Å². The van der Waals surface area contributed by atoms with Crippen LogP contribution in [0.5, 0.6) is 0 Å². The lowest BCUT2D eigenvalue weighted by molar-refractivity contribution is -0.384. The molecule has 1 fully saturated rings. The van der Waals surface area contributed by atoms with E-state index in [2.05, 4.69) is 20.4 Å². The van der Waals surface area contributed by atoms with Crippen LogP contribution in [0.4, 0.5) is 15.8 Å². The van der Waals surface area contributed by atoms with Crippen LogP contribution in [0, 0.1) is 15.9 Å². The van der Waals surface area contributed by atoms with Gasteiger partial charge in [0.25, 0.3) is 5.69 Å². The van der Waals surface area contributed by atoms with E-state index in [1.807, 2.05) is 4.57 Å². The summed E-state index contributed by atoms with van der Waals surface area (Å²) in [6.45, 7) is 4.31. The van der Waals surface area contributed by atoms with Crippen LogP contribution in [0.3, 0.4) is 0 Å². The number of piperidine rings is 1. The van der Waals surface area contributed by atoms with Gasteiger partial charge in [-0.3, -0.25) is 24.4 Å². The van der Waals surface area contributed by atoms with E-state index >= 15 is 0 Å². The molecular formula is C23H25FN6O3S. The summed E-state index contributed by atoms with van der Waals surface area (Å²) in [5, 5.41) is 22.4. The molecule has 1 aliphatic rings. The van der Waals surface area contributed by atoms with E-state index in [1.54, 1.807) is 25.1 Å². The number of non-ortho nitro benzene ring substituents is 1. The van der Waals surface area contributed by atoms with Crippen molar-refractivity contribution in [3.63, 3.8) is 0 Å². The van der Waals surface area contributed by atoms with E-state index in [-0.39, 0.29) is 17.4 Å². The Morgan fingerprint density at radius 3 is 2.62 bits per heavy atom. The number of nitro benzene ring substituents is 1. The normalized spacial score (nSPS) is 15.1. The lowest BCUT2D eigenvalue weighted by Gasteiger charge is -2.26. The summed E-state index contributed by atoms with van der Waals surface area (Å²) < 4.78 is 15.4. The Kier molecular flexibility index (Phi) is 7.53. The van der Waals surface area contributed by atoms with Crippen molar-refractivity contribution in [2.75, 3.05) is 18.4 Å². The first-order chi connectivity index (χ1) is 16.4. The Balaban J connectivity index is 1.54. The molecule has 0 radical (unpaired) electrons. The Hall–Kier alpha value is -3.31. The number of rotatable bonds is 8. The maximum atomic E-state index is 13.6. The number of anilines is 1. The third-order valence-corrected chi connectivity index (χ3v) is 6.62. The summed E-state index contributed by atoms with van der Waals surface area (Å²) in [6, 6.07) is 11.9. The first-order valence-corrected chi connectivity index (χ1v) is 11.9. The van der Waals surface area contributed by atoms with Gasteiger partial charge in [-0.2, -0.15) is 0 Å². The van der Waals surface area contributed by atoms with Crippen molar-refractivity contribution in [2.24, 2.45) is 0 Å². The summed E-state index contributed by atoms with van der Waals surface area (Å²) >= 11 is 1.22. The summed E-state index contributed by atoms with van der Waals surface area (Å²) in [5.74, 6) is 0.0624. The minimum Gasteiger partial charge on any atom is -0.325 e. The van der Waals surface area contributed by atoms with E-state index in [0.29, 0.717) is 23.1 Å². The molecule has 0 saturated carbocycles. The highest BCUT2D eigenvalue weighted by atomic mass is 32.2. The first kappa shape index (κ1) is 23.8. The average molecular weight is 485 g/mol. The number of nitrogens with zero attached hydrogens (tertiary/aromatic N) is 5. The molecule has 0 spiro atoms. The first-order valence-electron chi connectivity index (χ1n) is 11.1. The number of halogens is 1. The minimum atomic E-state index is -0.564. The van der Waals surface area contributed by atoms with E-state index in [9.17, 15) is 19.3 Å². The second-order valence-electron chi connectivity index (χ2n) is 8.10. The maximum Gasteiger partial charge on any atom is 0.271 e. The molecule has 11 heteroatoms. The van der Waals surface area contributed by atoms with E-state index in [4.69, 9.17) is 0 Å². The van der Waals surface area contributed by atoms with Crippen LogP contribution in [0.15, 0.2) is 53.7 Å². The van der Waals surface area contributed by atoms with Crippen LogP contribution in [0.1, 0.15) is 32.0 Å². The molecule has 1 N–H and O–H groups in total. The fraction of sp³-hybridized carbons (Fsp3) is 0.348. The fourth-order valence-corrected chi connectivity index (χ4v) is 4.69. The summed E-state index contributed by atoms with van der Waals surface area (Å²) in [7, 11) is 0. The fourth-order valence-electron chi connectivity index (χ4n) is 3.80. The Morgan fingerprint density at radius 2 is 1.91 bits per heavy atom. The van der Waals surface area contributed by atoms with Gasteiger partial charge in [0.05, 0.1) is 16.7 Å². The zero-order valence-electron chi connectivity index (χ0n) is 18.7. The van der Waals surface area contributed by atoms with Crippen molar-refractivity contribution < 1.29 is 14.1 Å². The zero-order valence-corrected chi connectivity index (χ0v) is 19.5. The average Bonchev–Trinajstić information content (AvgIpc) is 3.22. The Bertz CT molecular complexity index is 1160.